The molecule has 1 fully saturated rings. The van der Waals surface area contributed by atoms with E-state index in [2.05, 4.69) is 26.9 Å². The molecule has 1 aromatic carbocycles. The molecule has 0 N–H and O–H groups in total. The van der Waals surface area contributed by atoms with Gasteiger partial charge < -0.3 is 9.64 Å². The first-order valence-electron chi connectivity index (χ1n) is 4.80. The van der Waals surface area contributed by atoms with E-state index in [-0.39, 0.29) is 0 Å². The second kappa shape index (κ2) is 3.81. The van der Waals surface area contributed by atoms with Crippen LogP contribution in [0.15, 0.2) is 22.7 Å². The SMILES string of the molecule is CN(C)c1ccc(OC2CC2)cc1Br. The molecule has 0 unspecified atom stereocenters. The summed E-state index contributed by atoms with van der Waals surface area (Å²) in [6.45, 7) is 0. The van der Waals surface area contributed by atoms with Crippen molar-refractivity contribution < 1.29 is 4.74 Å². The van der Waals surface area contributed by atoms with Crippen molar-refractivity contribution in [1.29, 1.82) is 0 Å². The predicted octanol–water partition coefficient (Wildman–Crippen LogP) is 3.06. The molecule has 0 radical (unpaired) electrons. The van der Waals surface area contributed by atoms with Crippen molar-refractivity contribution in [2.24, 2.45) is 0 Å². The third-order valence-electron chi connectivity index (χ3n) is 2.23. The number of halogens is 1. The molecule has 1 saturated carbocycles. The van der Waals surface area contributed by atoms with Crippen molar-refractivity contribution in [1.82, 2.24) is 0 Å². The van der Waals surface area contributed by atoms with E-state index in [9.17, 15) is 0 Å². The van der Waals surface area contributed by atoms with Crippen LogP contribution in [0.4, 0.5) is 5.69 Å². The fraction of sp³-hybridized carbons (Fsp3) is 0.455. The minimum atomic E-state index is 0.465. The summed E-state index contributed by atoms with van der Waals surface area (Å²) in [7, 11) is 4.06. The smallest absolute Gasteiger partial charge is 0.120 e. The fourth-order valence-electron chi connectivity index (χ4n) is 1.30. The first kappa shape index (κ1) is 9.84. The zero-order valence-corrected chi connectivity index (χ0v) is 10.0. The number of rotatable bonds is 3. The van der Waals surface area contributed by atoms with Gasteiger partial charge in [-0.25, -0.2) is 0 Å². The van der Waals surface area contributed by atoms with Gasteiger partial charge in [0.15, 0.2) is 0 Å². The van der Waals surface area contributed by atoms with Crippen molar-refractivity contribution in [3.8, 4) is 5.75 Å². The number of benzene rings is 1. The third-order valence-corrected chi connectivity index (χ3v) is 2.86. The molecule has 1 aliphatic carbocycles. The lowest BCUT2D eigenvalue weighted by atomic mass is 10.3. The van der Waals surface area contributed by atoms with E-state index in [1.165, 1.54) is 18.5 Å². The summed E-state index contributed by atoms with van der Waals surface area (Å²) in [4.78, 5) is 2.07. The van der Waals surface area contributed by atoms with Gasteiger partial charge in [-0.15, -0.1) is 0 Å². The standard InChI is InChI=1S/C11H14BrNO/c1-13(2)11-6-5-9(7-10(11)12)14-8-3-4-8/h5-8H,3-4H2,1-2H3. The van der Waals surface area contributed by atoms with E-state index in [4.69, 9.17) is 4.74 Å². The quantitative estimate of drug-likeness (QED) is 0.824. The van der Waals surface area contributed by atoms with Crippen LogP contribution in [0.5, 0.6) is 5.75 Å². The predicted molar refractivity (Wildman–Crippen MR) is 62.1 cm³/mol. The summed E-state index contributed by atoms with van der Waals surface area (Å²) in [6, 6.07) is 6.13. The van der Waals surface area contributed by atoms with Crippen LogP contribution in [-0.4, -0.2) is 20.2 Å². The van der Waals surface area contributed by atoms with Crippen molar-refractivity contribution in [3.05, 3.63) is 22.7 Å². The van der Waals surface area contributed by atoms with Gasteiger partial charge in [0.1, 0.15) is 5.75 Å². The first-order valence-corrected chi connectivity index (χ1v) is 5.59. The third kappa shape index (κ3) is 2.21. The van der Waals surface area contributed by atoms with Gasteiger partial charge in [-0.1, -0.05) is 0 Å². The Hall–Kier alpha value is -0.700. The van der Waals surface area contributed by atoms with Crippen molar-refractivity contribution in [2.45, 2.75) is 18.9 Å². The number of ether oxygens (including phenoxy) is 1. The summed E-state index contributed by atoms with van der Waals surface area (Å²) in [5, 5.41) is 0. The summed E-state index contributed by atoms with van der Waals surface area (Å²) >= 11 is 3.54. The van der Waals surface area contributed by atoms with E-state index in [0.717, 1.165) is 10.2 Å². The zero-order valence-electron chi connectivity index (χ0n) is 8.46. The Labute approximate surface area is 93.0 Å². The molecular formula is C11H14BrNO. The lowest BCUT2D eigenvalue weighted by molar-refractivity contribution is 0.303. The molecule has 2 nitrogen and oxygen atoms in total. The normalized spacial score (nSPS) is 15.4. The summed E-state index contributed by atoms with van der Waals surface area (Å²) in [5.41, 5.74) is 1.17. The molecule has 0 atom stereocenters. The number of hydrogen-bond acceptors (Lipinski definition) is 2. The molecule has 0 heterocycles. The molecule has 1 aliphatic rings. The molecule has 3 heteroatoms. The van der Waals surface area contributed by atoms with Crippen LogP contribution in [0.1, 0.15) is 12.8 Å². The van der Waals surface area contributed by atoms with Crippen molar-refractivity contribution in [3.63, 3.8) is 0 Å². The Kier molecular flexibility index (Phi) is 2.68. The Morgan fingerprint density at radius 3 is 2.57 bits per heavy atom. The van der Waals surface area contributed by atoms with Crippen molar-refractivity contribution in [2.75, 3.05) is 19.0 Å². The molecule has 1 aromatic rings. The minimum Gasteiger partial charge on any atom is -0.490 e. The van der Waals surface area contributed by atoms with Crippen LogP contribution in [0.3, 0.4) is 0 Å². The average Bonchev–Trinajstić information content (AvgIpc) is 2.87. The van der Waals surface area contributed by atoms with Crippen LogP contribution >= 0.6 is 15.9 Å². The topological polar surface area (TPSA) is 12.5 Å². The molecule has 0 saturated heterocycles. The maximum atomic E-state index is 5.69. The average molecular weight is 256 g/mol. The maximum Gasteiger partial charge on any atom is 0.120 e. The number of anilines is 1. The highest BCUT2D eigenvalue weighted by Gasteiger charge is 2.23. The van der Waals surface area contributed by atoms with Gasteiger partial charge in [0.05, 0.1) is 11.8 Å². The van der Waals surface area contributed by atoms with E-state index in [1.54, 1.807) is 0 Å². The first-order chi connectivity index (χ1) is 6.66. The van der Waals surface area contributed by atoms with E-state index in [0.29, 0.717) is 6.10 Å². The maximum absolute atomic E-state index is 5.69. The number of hydrogen-bond donors (Lipinski definition) is 0. The Morgan fingerprint density at radius 2 is 2.07 bits per heavy atom. The molecule has 0 aromatic heterocycles. The highest BCUT2D eigenvalue weighted by atomic mass is 79.9. The summed E-state index contributed by atoms with van der Waals surface area (Å²) in [5.74, 6) is 0.963. The van der Waals surface area contributed by atoms with Gasteiger partial charge in [0, 0.05) is 18.6 Å². The van der Waals surface area contributed by atoms with Gasteiger partial charge in [-0.3, -0.25) is 0 Å². The van der Waals surface area contributed by atoms with Gasteiger partial charge in [0.25, 0.3) is 0 Å². The second-order valence-corrected chi connectivity index (χ2v) is 4.68. The highest BCUT2D eigenvalue weighted by molar-refractivity contribution is 9.10. The van der Waals surface area contributed by atoms with Gasteiger partial charge >= 0.3 is 0 Å². The van der Waals surface area contributed by atoms with Gasteiger partial charge in [-0.05, 0) is 47.0 Å². The van der Waals surface area contributed by atoms with Crippen LogP contribution in [-0.2, 0) is 0 Å². The fourth-order valence-corrected chi connectivity index (χ4v) is 2.01. The Balaban J connectivity index is 2.16. The highest BCUT2D eigenvalue weighted by Crippen LogP contribution is 2.32. The lowest BCUT2D eigenvalue weighted by Gasteiger charge is -2.15. The van der Waals surface area contributed by atoms with Crippen molar-refractivity contribution >= 4 is 21.6 Å². The monoisotopic (exact) mass is 255 g/mol. The summed E-state index contributed by atoms with van der Waals surface area (Å²) < 4.78 is 6.78. The molecule has 76 valence electrons. The van der Waals surface area contributed by atoms with Crippen LogP contribution in [0.25, 0.3) is 0 Å². The van der Waals surface area contributed by atoms with Crippen LogP contribution in [0, 0.1) is 0 Å². The van der Waals surface area contributed by atoms with E-state index >= 15 is 0 Å². The number of nitrogens with zero attached hydrogens (tertiary/aromatic N) is 1. The molecule has 2 rings (SSSR count). The molecule has 0 aliphatic heterocycles. The van der Waals surface area contributed by atoms with Crippen LogP contribution in [0.2, 0.25) is 0 Å². The molecule has 0 amide bonds. The van der Waals surface area contributed by atoms with E-state index < -0.39 is 0 Å². The Bertz CT molecular complexity index is 334. The Morgan fingerprint density at radius 1 is 1.36 bits per heavy atom. The lowest BCUT2D eigenvalue weighted by Crippen LogP contribution is -2.09. The molecular weight excluding hydrogens is 242 g/mol. The second-order valence-electron chi connectivity index (χ2n) is 3.82. The minimum absolute atomic E-state index is 0.465. The van der Waals surface area contributed by atoms with E-state index in [1.807, 2.05) is 26.2 Å². The van der Waals surface area contributed by atoms with Crippen LogP contribution < -0.4 is 9.64 Å². The zero-order chi connectivity index (χ0) is 10.1. The largest absolute Gasteiger partial charge is 0.490 e. The molecule has 0 spiro atoms. The van der Waals surface area contributed by atoms with Gasteiger partial charge in [-0.2, -0.15) is 0 Å². The summed E-state index contributed by atoms with van der Waals surface area (Å²) in [6.07, 6.45) is 2.87. The van der Waals surface area contributed by atoms with Gasteiger partial charge in [0.2, 0.25) is 0 Å². The molecule has 0 bridgehead atoms. The molecule has 14 heavy (non-hydrogen) atoms.